The van der Waals surface area contributed by atoms with Gasteiger partial charge in [-0.15, -0.1) is 0 Å². The topological polar surface area (TPSA) is 55.8 Å². The zero-order valence-electron chi connectivity index (χ0n) is 11.5. The van der Waals surface area contributed by atoms with Gasteiger partial charge in [-0.25, -0.2) is 9.59 Å². The number of fused-ring (bicyclic) bond motifs is 3. The van der Waals surface area contributed by atoms with Crippen LogP contribution in [0.15, 0.2) is 35.4 Å². The summed E-state index contributed by atoms with van der Waals surface area (Å²) in [4.78, 5) is 25.9. The molecule has 0 radical (unpaired) electrons. The molecule has 0 aromatic heterocycles. The maximum absolute atomic E-state index is 12.0. The highest BCUT2D eigenvalue weighted by Gasteiger charge is 2.55. The first-order valence-electron chi connectivity index (χ1n) is 6.34. The first-order valence-corrected chi connectivity index (χ1v) is 6.34. The quantitative estimate of drug-likeness (QED) is 0.759. The van der Waals surface area contributed by atoms with Crippen LogP contribution in [0.1, 0.15) is 11.5 Å². The van der Waals surface area contributed by atoms with E-state index in [-0.39, 0.29) is 12.0 Å². The molecule has 2 aliphatic rings. The number of benzene rings is 1. The Morgan fingerprint density at radius 2 is 1.65 bits per heavy atom. The van der Waals surface area contributed by atoms with Gasteiger partial charge in [0.25, 0.3) is 0 Å². The molecular weight excluding hydrogens is 258 g/mol. The van der Waals surface area contributed by atoms with E-state index in [0.29, 0.717) is 11.1 Å². The molecule has 0 unspecified atom stereocenters. The third kappa shape index (κ3) is 1.43. The number of methoxy groups -OCH3 is 2. The second-order valence-electron chi connectivity index (χ2n) is 4.90. The fourth-order valence-electron chi connectivity index (χ4n) is 3.21. The first kappa shape index (κ1) is 12.7. The lowest BCUT2D eigenvalue weighted by molar-refractivity contribution is -0.141. The Morgan fingerprint density at radius 1 is 1.05 bits per heavy atom. The molecule has 0 saturated carbocycles. The molecule has 0 spiro atoms. The highest BCUT2D eigenvalue weighted by Crippen LogP contribution is 2.54. The van der Waals surface area contributed by atoms with Gasteiger partial charge in [-0.2, -0.15) is 0 Å². The molecule has 0 bridgehead atoms. The van der Waals surface area contributed by atoms with Gasteiger partial charge >= 0.3 is 11.9 Å². The van der Waals surface area contributed by atoms with Crippen LogP contribution in [0.3, 0.4) is 0 Å². The Bertz CT molecular complexity index is 635. The predicted octanol–water partition coefficient (Wildman–Crippen LogP) is 1.24. The molecule has 0 fully saturated rings. The van der Waals surface area contributed by atoms with Crippen molar-refractivity contribution in [1.29, 1.82) is 0 Å². The summed E-state index contributed by atoms with van der Waals surface area (Å²) in [6, 6.07) is 7.69. The first-order chi connectivity index (χ1) is 9.61. The van der Waals surface area contributed by atoms with Crippen molar-refractivity contribution < 1.29 is 19.1 Å². The van der Waals surface area contributed by atoms with Crippen LogP contribution in [0.4, 0.5) is 5.69 Å². The Morgan fingerprint density at radius 3 is 2.30 bits per heavy atom. The number of para-hydroxylation sites is 1. The molecule has 0 amide bonds. The molecule has 1 aliphatic heterocycles. The monoisotopic (exact) mass is 273 g/mol. The zero-order valence-corrected chi connectivity index (χ0v) is 11.5. The molecule has 1 aromatic carbocycles. The number of hydrogen-bond acceptors (Lipinski definition) is 5. The minimum atomic E-state index is -0.466. The standard InChI is InChI=1S/C15H15NO4/c1-16-9-7-5-4-6-8(9)10-11(14(17)19-2)12(13(10)16)15(18)20-3/h4-7,10,13H,1-3H3/t10-,13-/m1/s1. The van der Waals surface area contributed by atoms with Crippen molar-refractivity contribution in [2.45, 2.75) is 12.0 Å². The smallest absolute Gasteiger partial charge is 0.336 e. The van der Waals surface area contributed by atoms with Crippen molar-refractivity contribution in [3.8, 4) is 0 Å². The van der Waals surface area contributed by atoms with E-state index in [0.717, 1.165) is 11.3 Å². The number of carbonyl (C=O) groups excluding carboxylic acids is 2. The molecule has 1 heterocycles. The Balaban J connectivity index is 2.13. The molecule has 104 valence electrons. The number of likely N-dealkylation sites (N-methyl/N-ethyl adjacent to an activating group) is 1. The van der Waals surface area contributed by atoms with Crippen LogP contribution in [0.2, 0.25) is 0 Å². The summed E-state index contributed by atoms with van der Waals surface area (Å²) in [5, 5.41) is 0. The van der Waals surface area contributed by atoms with Crippen LogP contribution in [0, 0.1) is 0 Å². The molecule has 20 heavy (non-hydrogen) atoms. The summed E-state index contributed by atoms with van der Waals surface area (Å²) in [5.41, 5.74) is 2.90. The highest BCUT2D eigenvalue weighted by atomic mass is 16.5. The lowest BCUT2D eigenvalue weighted by Crippen LogP contribution is -2.46. The number of carbonyl (C=O) groups is 2. The van der Waals surface area contributed by atoms with E-state index in [1.165, 1.54) is 14.2 Å². The Hall–Kier alpha value is -2.30. The molecule has 1 aromatic rings. The fraction of sp³-hybridized carbons (Fsp3) is 0.333. The van der Waals surface area contributed by atoms with Crippen molar-refractivity contribution >= 4 is 17.6 Å². The van der Waals surface area contributed by atoms with Gasteiger partial charge in [0.2, 0.25) is 0 Å². The van der Waals surface area contributed by atoms with E-state index < -0.39 is 11.9 Å². The molecule has 3 rings (SSSR count). The molecule has 2 atom stereocenters. The largest absolute Gasteiger partial charge is 0.466 e. The Kier molecular flexibility index (Phi) is 2.78. The summed E-state index contributed by atoms with van der Waals surface area (Å²) in [6.45, 7) is 0. The predicted molar refractivity (Wildman–Crippen MR) is 72.4 cm³/mol. The molecule has 5 heteroatoms. The van der Waals surface area contributed by atoms with Crippen LogP contribution in [0.25, 0.3) is 0 Å². The normalized spacial score (nSPS) is 22.9. The van der Waals surface area contributed by atoms with E-state index in [2.05, 4.69) is 0 Å². The number of esters is 2. The number of hydrogen-bond donors (Lipinski definition) is 0. The van der Waals surface area contributed by atoms with E-state index >= 15 is 0 Å². The number of ether oxygens (including phenoxy) is 2. The second kappa shape index (κ2) is 4.37. The third-order valence-electron chi connectivity index (χ3n) is 4.09. The summed E-state index contributed by atoms with van der Waals surface area (Å²) < 4.78 is 9.62. The minimum absolute atomic E-state index is 0.113. The van der Waals surface area contributed by atoms with Crippen molar-refractivity contribution in [3.63, 3.8) is 0 Å². The minimum Gasteiger partial charge on any atom is -0.466 e. The SMILES string of the molecule is COC(=O)C1=C(C(=O)OC)[C@H]2[C@@H]1c1ccccc1N2C. The number of nitrogens with zero attached hydrogens (tertiary/aromatic N) is 1. The van der Waals surface area contributed by atoms with Gasteiger partial charge in [-0.05, 0) is 11.6 Å². The van der Waals surface area contributed by atoms with Crippen LogP contribution in [-0.4, -0.2) is 39.2 Å². The molecule has 5 nitrogen and oxygen atoms in total. The van der Waals surface area contributed by atoms with Gasteiger partial charge in [-0.3, -0.25) is 0 Å². The van der Waals surface area contributed by atoms with Gasteiger partial charge < -0.3 is 14.4 Å². The van der Waals surface area contributed by atoms with E-state index in [1.807, 2.05) is 36.2 Å². The van der Waals surface area contributed by atoms with Crippen molar-refractivity contribution in [2.75, 3.05) is 26.2 Å². The number of rotatable bonds is 2. The number of anilines is 1. The van der Waals surface area contributed by atoms with Crippen LogP contribution < -0.4 is 4.90 Å². The fourth-order valence-corrected chi connectivity index (χ4v) is 3.21. The average molecular weight is 273 g/mol. The molecule has 1 aliphatic carbocycles. The van der Waals surface area contributed by atoms with Crippen molar-refractivity contribution in [2.24, 2.45) is 0 Å². The lowest BCUT2D eigenvalue weighted by Gasteiger charge is -2.38. The van der Waals surface area contributed by atoms with Crippen molar-refractivity contribution in [3.05, 3.63) is 41.0 Å². The van der Waals surface area contributed by atoms with Gasteiger partial charge in [0.1, 0.15) is 0 Å². The van der Waals surface area contributed by atoms with Crippen LogP contribution >= 0.6 is 0 Å². The maximum atomic E-state index is 12.0. The van der Waals surface area contributed by atoms with E-state index in [4.69, 9.17) is 9.47 Å². The zero-order chi connectivity index (χ0) is 14.4. The molecule has 0 N–H and O–H groups in total. The summed E-state index contributed by atoms with van der Waals surface area (Å²) in [5.74, 6) is -1.04. The average Bonchev–Trinajstić information content (AvgIpc) is 2.68. The van der Waals surface area contributed by atoms with Crippen LogP contribution in [-0.2, 0) is 19.1 Å². The lowest BCUT2D eigenvalue weighted by atomic mass is 9.71. The van der Waals surface area contributed by atoms with Gasteiger partial charge in [0, 0.05) is 18.7 Å². The summed E-state index contributed by atoms with van der Waals surface area (Å²) >= 11 is 0. The third-order valence-corrected chi connectivity index (χ3v) is 4.09. The summed E-state index contributed by atoms with van der Waals surface area (Å²) in [6.07, 6.45) is 0. The van der Waals surface area contributed by atoms with E-state index in [9.17, 15) is 9.59 Å². The molecule has 0 saturated heterocycles. The molecular formula is C15H15NO4. The van der Waals surface area contributed by atoms with Crippen molar-refractivity contribution in [1.82, 2.24) is 0 Å². The van der Waals surface area contributed by atoms with Crippen LogP contribution in [0.5, 0.6) is 0 Å². The van der Waals surface area contributed by atoms with Gasteiger partial charge in [-0.1, -0.05) is 18.2 Å². The van der Waals surface area contributed by atoms with Gasteiger partial charge in [0.05, 0.1) is 31.4 Å². The maximum Gasteiger partial charge on any atom is 0.336 e. The highest BCUT2D eigenvalue weighted by molar-refractivity contribution is 6.08. The second-order valence-corrected chi connectivity index (χ2v) is 4.90. The van der Waals surface area contributed by atoms with E-state index in [1.54, 1.807) is 0 Å². The Labute approximate surface area is 116 Å². The van der Waals surface area contributed by atoms with Gasteiger partial charge in [0.15, 0.2) is 0 Å². The summed E-state index contributed by atoms with van der Waals surface area (Å²) in [7, 11) is 4.56.